The molecule has 0 bridgehead atoms. The number of benzene rings is 2. The fraction of sp³-hybridized carbons (Fsp3) is 0.211. The molecule has 0 saturated carbocycles. The molecule has 27 heavy (non-hydrogen) atoms. The molecular weight excluding hydrogens is 466 g/mol. The molecule has 1 aliphatic heterocycles. The number of rotatable bonds is 8. The summed E-state index contributed by atoms with van der Waals surface area (Å²) in [6.07, 6.45) is 2.01. The molecule has 0 fully saturated rings. The van der Waals surface area contributed by atoms with E-state index >= 15 is 0 Å². The number of fused-ring (bicyclic) bond motifs is 1. The fourth-order valence-electron chi connectivity index (χ4n) is 2.60. The molecule has 0 aromatic heterocycles. The van der Waals surface area contributed by atoms with Crippen LogP contribution in [-0.2, 0) is 16.0 Å². The summed E-state index contributed by atoms with van der Waals surface area (Å²) in [5.74, 6) is -0.176. The molecular formula is C19H18FIN2O4. The van der Waals surface area contributed by atoms with Crippen LogP contribution in [-0.4, -0.2) is 25.7 Å². The van der Waals surface area contributed by atoms with Crippen LogP contribution in [0.4, 0.5) is 15.8 Å². The molecule has 142 valence electrons. The van der Waals surface area contributed by atoms with Crippen molar-refractivity contribution in [3.8, 4) is 5.75 Å². The third-order valence-corrected chi connectivity index (χ3v) is 4.53. The number of carbonyl (C=O) groups excluding carboxylic acids is 1. The lowest BCUT2D eigenvalue weighted by atomic mass is 10.1. The highest BCUT2D eigenvalue weighted by molar-refractivity contribution is 14.1. The first-order valence-electron chi connectivity index (χ1n) is 8.25. The first kappa shape index (κ1) is 19.4. The van der Waals surface area contributed by atoms with Gasteiger partial charge in [0.1, 0.15) is 24.8 Å². The van der Waals surface area contributed by atoms with Gasteiger partial charge in [0.2, 0.25) is 0 Å². The molecule has 2 aromatic carbocycles. The van der Waals surface area contributed by atoms with E-state index in [4.69, 9.17) is 14.3 Å². The van der Waals surface area contributed by atoms with Gasteiger partial charge in [-0.2, -0.15) is 0 Å². The average Bonchev–Trinajstić information content (AvgIpc) is 3.10. The highest BCUT2D eigenvalue weighted by atomic mass is 127. The summed E-state index contributed by atoms with van der Waals surface area (Å²) in [4.78, 5) is 17.7. The van der Waals surface area contributed by atoms with Gasteiger partial charge in [0, 0.05) is 16.1 Å². The number of hydrogen-bond donors (Lipinski definition) is 2. The summed E-state index contributed by atoms with van der Waals surface area (Å²) in [5, 5.41) is 2.98. The molecule has 0 aliphatic carbocycles. The summed E-state index contributed by atoms with van der Waals surface area (Å²) in [7, 11) is 0. The van der Waals surface area contributed by atoms with Crippen LogP contribution >= 0.6 is 22.6 Å². The first-order chi connectivity index (χ1) is 13.1. The van der Waals surface area contributed by atoms with Crippen LogP contribution in [0.5, 0.6) is 5.75 Å². The zero-order valence-corrected chi connectivity index (χ0v) is 16.5. The molecule has 0 spiro atoms. The maximum absolute atomic E-state index is 14.2. The normalized spacial score (nSPS) is 12.1. The Bertz CT molecular complexity index is 860. The monoisotopic (exact) mass is 484 g/mol. The zero-order valence-electron chi connectivity index (χ0n) is 14.4. The van der Waals surface area contributed by atoms with Gasteiger partial charge in [-0.25, -0.2) is 9.87 Å². The van der Waals surface area contributed by atoms with E-state index in [0.29, 0.717) is 30.0 Å². The van der Waals surface area contributed by atoms with Crippen molar-refractivity contribution in [2.45, 2.75) is 6.42 Å². The van der Waals surface area contributed by atoms with Gasteiger partial charge in [0.25, 0.3) is 5.91 Å². The van der Waals surface area contributed by atoms with E-state index in [-0.39, 0.29) is 18.9 Å². The second-order valence-corrected chi connectivity index (χ2v) is 6.92. The number of halogens is 2. The Morgan fingerprint density at radius 3 is 2.93 bits per heavy atom. The molecule has 0 atom stereocenters. The van der Waals surface area contributed by atoms with Gasteiger partial charge in [0.15, 0.2) is 0 Å². The van der Waals surface area contributed by atoms with E-state index < -0.39 is 11.7 Å². The number of anilines is 2. The van der Waals surface area contributed by atoms with E-state index in [0.717, 1.165) is 9.13 Å². The predicted molar refractivity (Wildman–Crippen MR) is 108 cm³/mol. The highest BCUT2D eigenvalue weighted by Crippen LogP contribution is 2.34. The Hall–Kier alpha value is -2.33. The van der Waals surface area contributed by atoms with Gasteiger partial charge >= 0.3 is 0 Å². The lowest BCUT2D eigenvalue weighted by molar-refractivity contribution is 0.0145. The van der Waals surface area contributed by atoms with Crippen molar-refractivity contribution in [1.82, 2.24) is 5.48 Å². The third-order valence-electron chi connectivity index (χ3n) is 3.86. The summed E-state index contributed by atoms with van der Waals surface area (Å²) >= 11 is 2.03. The Morgan fingerprint density at radius 2 is 2.15 bits per heavy atom. The van der Waals surface area contributed by atoms with Crippen molar-refractivity contribution in [3.63, 3.8) is 0 Å². The molecule has 1 amide bonds. The number of ether oxygens (including phenoxy) is 2. The number of nitrogens with one attached hydrogen (secondary N) is 2. The van der Waals surface area contributed by atoms with Gasteiger partial charge in [0.05, 0.1) is 29.8 Å². The SMILES string of the molecule is C=COCCONC(=O)c1cc2c(cc1Nc1ccc(I)cc1F)OCC2. The summed E-state index contributed by atoms with van der Waals surface area (Å²) < 4.78 is 25.5. The number of hydrogen-bond acceptors (Lipinski definition) is 5. The molecule has 0 radical (unpaired) electrons. The molecule has 1 heterocycles. The van der Waals surface area contributed by atoms with Gasteiger partial charge in [-0.1, -0.05) is 6.58 Å². The number of carbonyl (C=O) groups is 1. The topological polar surface area (TPSA) is 68.8 Å². The van der Waals surface area contributed by atoms with Crippen LogP contribution in [0.2, 0.25) is 0 Å². The van der Waals surface area contributed by atoms with Crippen LogP contribution in [0.15, 0.2) is 43.2 Å². The Labute approximate surface area is 169 Å². The lowest BCUT2D eigenvalue weighted by Gasteiger charge is -2.15. The first-order valence-corrected chi connectivity index (χ1v) is 9.33. The summed E-state index contributed by atoms with van der Waals surface area (Å²) in [6.45, 7) is 4.40. The minimum atomic E-state index is -0.447. The van der Waals surface area contributed by atoms with Gasteiger partial charge < -0.3 is 14.8 Å². The molecule has 2 N–H and O–H groups in total. The minimum Gasteiger partial charge on any atom is -0.499 e. The molecule has 8 heteroatoms. The van der Waals surface area contributed by atoms with Gasteiger partial charge in [-0.3, -0.25) is 9.63 Å². The second-order valence-electron chi connectivity index (χ2n) is 5.67. The zero-order chi connectivity index (χ0) is 19.2. The fourth-order valence-corrected chi connectivity index (χ4v) is 3.05. The Kier molecular flexibility index (Phi) is 6.51. The van der Waals surface area contributed by atoms with E-state index in [9.17, 15) is 9.18 Å². The molecule has 3 rings (SSSR count). The Morgan fingerprint density at radius 1 is 1.30 bits per heavy atom. The van der Waals surface area contributed by atoms with Crippen molar-refractivity contribution in [1.29, 1.82) is 0 Å². The quantitative estimate of drug-likeness (QED) is 0.257. The standard InChI is InChI=1S/C19H18FIN2O4/c1-2-25-7-8-27-23-19(24)14-9-12-5-6-26-18(12)11-17(14)22-16-4-3-13(21)10-15(16)20/h2-4,9-11,22H,1,5-8H2,(H,23,24). The van der Waals surface area contributed by atoms with Crippen LogP contribution < -0.4 is 15.5 Å². The summed E-state index contributed by atoms with van der Waals surface area (Å²) in [6, 6.07) is 8.24. The number of hydroxylamine groups is 1. The van der Waals surface area contributed by atoms with Crippen molar-refractivity contribution < 1.29 is 23.5 Å². The molecule has 2 aromatic rings. The number of amides is 1. The Balaban J connectivity index is 1.81. The van der Waals surface area contributed by atoms with Crippen molar-refractivity contribution >= 4 is 39.9 Å². The summed E-state index contributed by atoms with van der Waals surface area (Å²) in [5.41, 5.74) is 4.32. The third kappa shape index (κ3) is 4.89. The average molecular weight is 484 g/mol. The maximum Gasteiger partial charge on any atom is 0.276 e. The minimum absolute atomic E-state index is 0.167. The van der Waals surface area contributed by atoms with Gasteiger partial charge in [-0.05, 0) is 52.4 Å². The van der Waals surface area contributed by atoms with Crippen LogP contribution in [0.3, 0.4) is 0 Å². The molecule has 0 unspecified atom stereocenters. The second kappa shape index (κ2) is 9.05. The van der Waals surface area contributed by atoms with E-state index in [1.54, 1.807) is 24.3 Å². The predicted octanol–water partition coefficient (Wildman–Crippen LogP) is 3.93. The molecule has 1 aliphatic rings. The van der Waals surface area contributed by atoms with Gasteiger partial charge in [-0.15, -0.1) is 0 Å². The van der Waals surface area contributed by atoms with Crippen molar-refractivity contribution in [3.05, 3.63) is 63.7 Å². The highest BCUT2D eigenvalue weighted by Gasteiger charge is 2.21. The molecule has 0 saturated heterocycles. The smallest absolute Gasteiger partial charge is 0.276 e. The van der Waals surface area contributed by atoms with E-state index in [1.807, 2.05) is 22.6 Å². The van der Waals surface area contributed by atoms with Crippen LogP contribution in [0.1, 0.15) is 15.9 Å². The van der Waals surface area contributed by atoms with Crippen LogP contribution in [0, 0.1) is 9.39 Å². The van der Waals surface area contributed by atoms with Crippen molar-refractivity contribution in [2.75, 3.05) is 25.1 Å². The molecule has 6 nitrogen and oxygen atoms in total. The lowest BCUT2D eigenvalue weighted by Crippen LogP contribution is -2.26. The largest absolute Gasteiger partial charge is 0.499 e. The maximum atomic E-state index is 14.2. The van der Waals surface area contributed by atoms with Crippen molar-refractivity contribution in [2.24, 2.45) is 0 Å². The van der Waals surface area contributed by atoms with E-state index in [1.165, 1.54) is 12.3 Å². The van der Waals surface area contributed by atoms with Crippen LogP contribution in [0.25, 0.3) is 0 Å². The van der Waals surface area contributed by atoms with E-state index in [2.05, 4.69) is 17.4 Å².